The second-order valence-corrected chi connectivity index (χ2v) is 19.9. The predicted octanol–water partition coefficient (Wildman–Crippen LogP) is 12.1. The summed E-state index contributed by atoms with van der Waals surface area (Å²) in [6.07, 6.45) is 4.93. The van der Waals surface area contributed by atoms with E-state index >= 15 is 0 Å². The third kappa shape index (κ3) is 7.86. The Labute approximate surface area is 358 Å². The molecule has 3 aromatic carbocycles. The summed E-state index contributed by atoms with van der Waals surface area (Å²) in [6.45, 7) is 21.5. The van der Waals surface area contributed by atoms with E-state index in [1.54, 1.807) is 0 Å². The van der Waals surface area contributed by atoms with E-state index in [-0.39, 0.29) is 28.3 Å². The molecule has 3 aromatic heterocycles. The van der Waals surface area contributed by atoms with Gasteiger partial charge in [0.2, 0.25) is 0 Å². The molecule has 6 aromatic rings. The summed E-state index contributed by atoms with van der Waals surface area (Å²) < 4.78 is 2.47. The zero-order valence-electron chi connectivity index (χ0n) is 36.9. The lowest BCUT2D eigenvalue weighted by molar-refractivity contribution is 0.138. The van der Waals surface area contributed by atoms with Crippen LogP contribution in [0.2, 0.25) is 0 Å². The topological polar surface area (TPSA) is 143 Å². The van der Waals surface area contributed by atoms with E-state index in [9.17, 15) is 19.8 Å². The fraction of sp³-hybridized carbons (Fsp3) is 0.400. The molecule has 0 bridgehead atoms. The molecule has 61 heavy (non-hydrogen) atoms. The van der Waals surface area contributed by atoms with Crippen LogP contribution in [-0.2, 0) is 16.2 Å². The molecule has 11 nitrogen and oxygen atoms in total. The Morgan fingerprint density at radius 3 is 1.46 bits per heavy atom. The van der Waals surface area contributed by atoms with Gasteiger partial charge in [-0.15, -0.1) is 0 Å². The average molecular weight is 822 g/mol. The second kappa shape index (κ2) is 15.4. The van der Waals surface area contributed by atoms with Gasteiger partial charge in [0.15, 0.2) is 0 Å². The highest BCUT2D eigenvalue weighted by molar-refractivity contribution is 5.89. The maximum absolute atomic E-state index is 11.9. The third-order valence-corrected chi connectivity index (χ3v) is 12.4. The summed E-state index contributed by atoms with van der Waals surface area (Å²) in [5, 5.41) is 19.5. The Kier molecular flexibility index (Phi) is 10.5. The minimum absolute atomic E-state index is 0.00538. The van der Waals surface area contributed by atoms with Gasteiger partial charge in [-0.1, -0.05) is 123 Å². The van der Waals surface area contributed by atoms with Crippen LogP contribution in [0.1, 0.15) is 129 Å². The number of aromatic amines is 2. The highest BCUT2D eigenvalue weighted by Crippen LogP contribution is 2.50. The molecule has 2 amide bonds. The van der Waals surface area contributed by atoms with E-state index in [2.05, 4.69) is 160 Å². The lowest BCUT2D eigenvalue weighted by Gasteiger charge is -2.30. The number of carboxylic acid groups (broad SMARTS) is 2. The van der Waals surface area contributed by atoms with Crippen LogP contribution in [0, 0.1) is 0 Å². The number of benzene rings is 3. The fourth-order valence-corrected chi connectivity index (χ4v) is 9.43. The molecule has 2 atom stereocenters. The molecule has 0 saturated carbocycles. The zero-order valence-corrected chi connectivity index (χ0v) is 36.9. The number of carbonyl (C=O) groups is 2. The number of nitrogens with one attached hydrogen (secondary N) is 2. The van der Waals surface area contributed by atoms with Gasteiger partial charge in [0, 0.05) is 35.4 Å². The van der Waals surface area contributed by atoms with Gasteiger partial charge in [0.1, 0.15) is 11.6 Å². The van der Waals surface area contributed by atoms with Crippen LogP contribution in [0.5, 0.6) is 0 Å². The molecule has 2 fully saturated rings. The molecule has 5 heterocycles. The third-order valence-electron chi connectivity index (χ3n) is 12.4. The Morgan fingerprint density at radius 1 is 0.590 bits per heavy atom. The van der Waals surface area contributed by atoms with E-state index < -0.39 is 12.2 Å². The van der Waals surface area contributed by atoms with Crippen molar-refractivity contribution < 1.29 is 19.8 Å². The molecular weight excluding hydrogens is 763 g/mol. The van der Waals surface area contributed by atoms with Gasteiger partial charge >= 0.3 is 12.2 Å². The Balaban J connectivity index is 1.27. The van der Waals surface area contributed by atoms with Crippen LogP contribution in [-0.4, -0.2) is 69.8 Å². The molecule has 2 aliphatic rings. The van der Waals surface area contributed by atoms with E-state index in [1.165, 1.54) is 32.2 Å². The average Bonchev–Trinajstić information content (AvgIpc) is 4.05. The lowest BCUT2D eigenvalue weighted by atomic mass is 9.76. The van der Waals surface area contributed by atoms with Crippen molar-refractivity contribution in [3.63, 3.8) is 0 Å². The van der Waals surface area contributed by atoms with Crippen LogP contribution in [0.3, 0.4) is 0 Å². The Morgan fingerprint density at radius 2 is 1.03 bits per heavy atom. The van der Waals surface area contributed by atoms with Crippen molar-refractivity contribution in [3.8, 4) is 50.6 Å². The van der Waals surface area contributed by atoms with E-state index in [0.29, 0.717) is 24.7 Å². The number of aromatic nitrogens is 5. The highest BCUT2D eigenvalue weighted by Gasteiger charge is 2.38. The van der Waals surface area contributed by atoms with Crippen molar-refractivity contribution in [2.45, 2.75) is 116 Å². The number of H-pyrrole nitrogens is 2. The van der Waals surface area contributed by atoms with Crippen LogP contribution in [0.15, 0.2) is 85.2 Å². The summed E-state index contributed by atoms with van der Waals surface area (Å²) in [5.74, 6) is 1.36. The molecule has 318 valence electrons. The molecule has 0 aliphatic carbocycles. The number of likely N-dealkylation sites (tertiary alicyclic amines) is 2. The molecule has 0 radical (unpaired) electrons. The van der Waals surface area contributed by atoms with E-state index in [0.717, 1.165) is 70.7 Å². The van der Waals surface area contributed by atoms with Gasteiger partial charge in [-0.3, -0.25) is 9.80 Å². The molecule has 0 spiro atoms. The van der Waals surface area contributed by atoms with Crippen molar-refractivity contribution in [2.75, 3.05) is 13.1 Å². The highest BCUT2D eigenvalue weighted by atomic mass is 16.4. The van der Waals surface area contributed by atoms with Crippen molar-refractivity contribution in [3.05, 3.63) is 114 Å². The van der Waals surface area contributed by atoms with Crippen LogP contribution >= 0.6 is 0 Å². The van der Waals surface area contributed by atoms with Gasteiger partial charge < -0.3 is 24.7 Å². The van der Waals surface area contributed by atoms with Gasteiger partial charge in [0.05, 0.1) is 41.6 Å². The maximum atomic E-state index is 11.9. The first-order chi connectivity index (χ1) is 28.8. The van der Waals surface area contributed by atoms with E-state index in [4.69, 9.17) is 0 Å². The molecule has 4 N–H and O–H groups in total. The Bertz CT molecular complexity index is 2410. The number of imidazole rings is 2. The summed E-state index contributed by atoms with van der Waals surface area (Å²) in [5.41, 5.74) is 12.5. The van der Waals surface area contributed by atoms with Gasteiger partial charge in [-0.05, 0) is 82.0 Å². The predicted molar refractivity (Wildman–Crippen MR) is 241 cm³/mol. The molecular formula is C50H59N7O4. The van der Waals surface area contributed by atoms with Gasteiger partial charge in [-0.25, -0.2) is 19.6 Å². The minimum atomic E-state index is -0.915. The van der Waals surface area contributed by atoms with E-state index in [1.807, 2.05) is 12.4 Å². The van der Waals surface area contributed by atoms with Gasteiger partial charge in [-0.2, -0.15) is 0 Å². The Hall–Kier alpha value is -6.10. The standard InChI is InChI=1S/C50H59N7O4/c1-48(2,3)34-22-18-33(19-23-34)42-40(32-16-14-30(15-17-32)36-28-51-44(53-36)38-12-10-26-55(38)46(58)59)41(49(4,5)6)43(50(7,8)9)57(42)35-24-20-31(21-25-35)37-29-52-45(54-37)39-13-11-27-56(39)47(60)61/h14-25,28-29,38-39H,10-13,26-27H2,1-9H3,(H,51,53)(H,52,54)(H,58,59)(H,60,61)/t38-,39-/m0/s1. The molecule has 8 rings (SSSR count). The number of hydrogen-bond donors (Lipinski definition) is 4. The first kappa shape index (κ1) is 41.6. The fourth-order valence-electron chi connectivity index (χ4n) is 9.43. The first-order valence-corrected chi connectivity index (χ1v) is 21.5. The largest absolute Gasteiger partial charge is 0.465 e. The van der Waals surface area contributed by atoms with Crippen LogP contribution < -0.4 is 0 Å². The molecule has 2 saturated heterocycles. The normalized spacial score (nSPS) is 17.4. The smallest absolute Gasteiger partial charge is 0.407 e. The minimum Gasteiger partial charge on any atom is -0.465 e. The van der Waals surface area contributed by atoms with Gasteiger partial charge in [0.25, 0.3) is 0 Å². The van der Waals surface area contributed by atoms with Crippen LogP contribution in [0.4, 0.5) is 9.59 Å². The molecule has 11 heteroatoms. The lowest BCUT2D eigenvalue weighted by Crippen LogP contribution is -2.29. The number of hydrogen-bond acceptors (Lipinski definition) is 4. The number of rotatable bonds is 7. The maximum Gasteiger partial charge on any atom is 0.407 e. The molecule has 2 aliphatic heterocycles. The first-order valence-electron chi connectivity index (χ1n) is 21.5. The molecule has 0 unspecified atom stereocenters. The summed E-state index contributed by atoms with van der Waals surface area (Å²) in [7, 11) is 0. The zero-order chi connectivity index (χ0) is 43.6. The van der Waals surface area contributed by atoms with Crippen molar-refractivity contribution in [1.82, 2.24) is 34.3 Å². The van der Waals surface area contributed by atoms with Crippen LogP contribution in [0.25, 0.3) is 50.6 Å². The SMILES string of the molecule is CC(C)(C)c1ccc(-c2c(-c3ccc(-c4cnc([C@@H]5CCCN5C(=O)O)[nH]4)cc3)c(C(C)(C)C)c(C(C)(C)C)n2-c2ccc(-c3cnc([C@@H]4CCCN4C(=O)O)[nH]3)cc2)cc1. The summed E-state index contributed by atoms with van der Waals surface area (Å²) in [4.78, 5) is 42.9. The summed E-state index contributed by atoms with van der Waals surface area (Å²) in [6, 6.07) is 25.8. The van der Waals surface area contributed by atoms with Crippen molar-refractivity contribution >= 4 is 12.2 Å². The summed E-state index contributed by atoms with van der Waals surface area (Å²) >= 11 is 0. The quantitative estimate of drug-likeness (QED) is 0.126. The number of amides is 2. The monoisotopic (exact) mass is 821 g/mol. The van der Waals surface area contributed by atoms with Crippen molar-refractivity contribution in [1.29, 1.82) is 0 Å². The number of nitrogens with zero attached hydrogens (tertiary/aromatic N) is 5. The van der Waals surface area contributed by atoms with Crippen molar-refractivity contribution in [2.24, 2.45) is 0 Å². The second-order valence-electron chi connectivity index (χ2n) is 19.9.